The van der Waals surface area contributed by atoms with E-state index in [0.29, 0.717) is 40.8 Å². The standard InChI is InChI=1S/C12H15FO5.C11H13FO5.C10H11FO3.C9H9FO4.C9H9FO3.C9H9FO2.C8H7FO3/c1-7(14)6-18-11-9(13)4-8(12(15)17-3)5-10(11)16-2;1-6(13)5-17-10-8(12)3-7(11(14)15)4-9(10)16-2;1-6-8(11)4-7(10(12)14-3)5-9(6)13-2;1-13-7-4-5(9(12)14-2)3-6(10)8(7)11;1-5-7(10)3-6(9(11)12)4-8(5)13-2;1-6-8(10)3-7(5-11)4-9(6)12-2;1-12-7-3-5(4-10)2-6(9)8(7)11/h4-5,7,14H,6H2,1-3H3;3-4,6,13H,5H2,1-2H3,(H,14,15);4-5H,1-3H3;3-4,11H,1-2H3;3-4H,1-2H3,(H,11,12);3-5H,1-2H3;2-4,11H,1H3/t7-;6-;;;;;/m11...../s1. The van der Waals surface area contributed by atoms with Crippen molar-refractivity contribution < 1.29 is 152 Å². The second-order valence-electron chi connectivity index (χ2n) is 19.6. The fourth-order valence-corrected chi connectivity index (χ4v) is 7.31. The summed E-state index contributed by atoms with van der Waals surface area (Å²) in [6.07, 6.45) is -0.441. The van der Waals surface area contributed by atoms with E-state index in [0.717, 1.165) is 42.5 Å². The van der Waals surface area contributed by atoms with E-state index in [1.807, 2.05) is 0 Å². The van der Waals surface area contributed by atoms with Crippen molar-refractivity contribution >= 4 is 42.4 Å². The van der Waals surface area contributed by atoms with Gasteiger partial charge in [-0.3, -0.25) is 9.59 Å². The summed E-state index contributed by atoms with van der Waals surface area (Å²) in [7, 11) is 13.0. The van der Waals surface area contributed by atoms with Crippen LogP contribution in [0.2, 0.25) is 0 Å². The average Bonchev–Trinajstić information content (AvgIpc) is 0.836. The van der Waals surface area contributed by atoms with Crippen molar-refractivity contribution in [1.82, 2.24) is 0 Å². The molecule has 0 aliphatic rings. The van der Waals surface area contributed by atoms with Crippen LogP contribution in [0.3, 0.4) is 0 Å². The molecule has 7 aromatic carbocycles. The molecule has 100 heavy (non-hydrogen) atoms. The Morgan fingerprint density at radius 2 is 0.600 bits per heavy atom. The first-order valence-electron chi connectivity index (χ1n) is 28.2. The van der Waals surface area contributed by atoms with Crippen molar-refractivity contribution in [3.63, 3.8) is 0 Å². The van der Waals surface area contributed by atoms with Gasteiger partial charge in [0.25, 0.3) is 0 Å². The van der Waals surface area contributed by atoms with Crippen molar-refractivity contribution in [2.75, 3.05) is 84.3 Å². The van der Waals surface area contributed by atoms with Crippen LogP contribution in [-0.4, -0.2) is 170 Å². The lowest BCUT2D eigenvalue weighted by Gasteiger charge is -2.13. The van der Waals surface area contributed by atoms with Crippen LogP contribution in [0.5, 0.6) is 63.2 Å². The number of hydrogen-bond donors (Lipinski definition) is 6. The number of phenolic OH excluding ortho intramolecular Hbond substituents is 2. The number of benzene rings is 7. The molecule has 544 valence electrons. The molecule has 7 aromatic rings. The number of esters is 3. The van der Waals surface area contributed by atoms with Gasteiger partial charge >= 0.3 is 29.8 Å². The molecular formula is C68H73F7O25. The molecule has 0 bridgehead atoms. The third-order valence-electron chi connectivity index (χ3n) is 12.5. The number of rotatable bonds is 20. The number of aliphatic hydroxyl groups excluding tert-OH is 2. The van der Waals surface area contributed by atoms with Crippen molar-refractivity contribution in [1.29, 1.82) is 0 Å². The van der Waals surface area contributed by atoms with Gasteiger partial charge in [0.2, 0.25) is 0 Å². The molecule has 0 fully saturated rings. The second-order valence-corrected chi connectivity index (χ2v) is 19.6. The van der Waals surface area contributed by atoms with E-state index in [-0.39, 0.29) is 92.4 Å². The molecule has 2 atom stereocenters. The smallest absolute Gasteiger partial charge is 0.338 e. The number of aldehydes is 2. The fraction of sp³-hybridized carbons (Fsp3) is 0.279. The molecule has 0 amide bonds. The Morgan fingerprint density at radius 1 is 0.360 bits per heavy atom. The lowest BCUT2D eigenvalue weighted by Crippen LogP contribution is -2.14. The molecule has 0 aromatic heterocycles. The van der Waals surface area contributed by atoms with Crippen molar-refractivity contribution in [3.05, 3.63) is 181 Å². The molecule has 0 aliphatic heterocycles. The van der Waals surface area contributed by atoms with Crippen LogP contribution in [0.4, 0.5) is 30.7 Å². The second kappa shape index (κ2) is 42.9. The van der Waals surface area contributed by atoms with E-state index < -0.39 is 94.3 Å². The first-order valence-corrected chi connectivity index (χ1v) is 28.2. The molecule has 0 spiro atoms. The van der Waals surface area contributed by atoms with Gasteiger partial charge in [-0.15, -0.1) is 0 Å². The lowest BCUT2D eigenvalue weighted by atomic mass is 10.1. The SMILES string of the molecule is COC(=O)c1cc(F)c(C)c(OC)c1.COC(=O)c1cc(F)c(O)c(OC)c1.COC(=O)c1cc(F)c(OC[C@@H](C)O)c(OC)c1.COc1cc(C(=O)O)cc(F)c1C.COc1cc(C(=O)O)cc(F)c1OC[C@@H](C)O.COc1cc(C=O)cc(F)c1C.COc1cc(C=O)cc(F)c1O. The van der Waals surface area contributed by atoms with Crippen LogP contribution in [0.15, 0.2) is 84.9 Å². The average molecular weight is 1420 g/mol. The van der Waals surface area contributed by atoms with Gasteiger partial charge in [0.05, 0.1) is 111 Å². The van der Waals surface area contributed by atoms with E-state index in [9.17, 15) is 64.3 Å². The molecular weight excluding hydrogens is 1350 g/mol. The number of carbonyl (C=O) groups is 7. The van der Waals surface area contributed by atoms with Gasteiger partial charge in [0.1, 0.15) is 60.5 Å². The van der Waals surface area contributed by atoms with Gasteiger partial charge < -0.3 is 87.5 Å². The van der Waals surface area contributed by atoms with Gasteiger partial charge in [-0.1, -0.05) is 0 Å². The highest BCUT2D eigenvalue weighted by atomic mass is 19.2. The predicted molar refractivity (Wildman–Crippen MR) is 341 cm³/mol. The number of methoxy groups -OCH3 is 10. The van der Waals surface area contributed by atoms with Crippen LogP contribution in [0.1, 0.15) is 103 Å². The molecule has 6 N–H and O–H groups in total. The molecule has 0 heterocycles. The maximum absolute atomic E-state index is 13.8. The third kappa shape index (κ3) is 26.5. The lowest BCUT2D eigenvalue weighted by molar-refractivity contribution is 0.0590. The summed E-state index contributed by atoms with van der Waals surface area (Å²) in [6.45, 7) is 7.51. The topological polar surface area (TPSA) is 352 Å². The fourth-order valence-electron chi connectivity index (χ4n) is 7.31. The van der Waals surface area contributed by atoms with E-state index >= 15 is 0 Å². The van der Waals surface area contributed by atoms with Gasteiger partial charge in [-0.05, 0) is 120 Å². The van der Waals surface area contributed by atoms with Crippen LogP contribution in [-0.2, 0) is 14.2 Å². The molecule has 0 saturated heterocycles. The minimum Gasteiger partial charge on any atom is -0.502 e. The molecule has 0 unspecified atom stereocenters. The number of carboxylic acid groups (broad SMARTS) is 2. The van der Waals surface area contributed by atoms with Crippen LogP contribution < -0.4 is 42.6 Å². The summed E-state index contributed by atoms with van der Waals surface area (Å²) in [5, 5.41) is 53.6. The highest BCUT2D eigenvalue weighted by molar-refractivity contribution is 5.92. The van der Waals surface area contributed by atoms with Crippen LogP contribution in [0, 0.1) is 61.5 Å². The number of aromatic carboxylic acids is 2. The Kier molecular flexibility index (Phi) is 37.1. The number of carboxylic acids is 2. The number of halogens is 7. The summed E-state index contributed by atoms with van der Waals surface area (Å²) in [5.74, 6) is -9.92. The molecule has 0 saturated carbocycles. The third-order valence-corrected chi connectivity index (χ3v) is 12.5. The number of phenols is 2. The Bertz CT molecular complexity index is 3800. The van der Waals surface area contributed by atoms with E-state index in [4.69, 9.17) is 63.8 Å². The number of aromatic hydroxyl groups is 2. The Morgan fingerprint density at radius 3 is 0.930 bits per heavy atom. The maximum Gasteiger partial charge on any atom is 0.338 e. The van der Waals surface area contributed by atoms with Crippen molar-refractivity contribution in [2.24, 2.45) is 0 Å². The molecule has 7 rings (SSSR count). The van der Waals surface area contributed by atoms with Gasteiger partial charge in [0, 0.05) is 27.8 Å². The van der Waals surface area contributed by atoms with Gasteiger partial charge in [-0.25, -0.2) is 54.7 Å². The van der Waals surface area contributed by atoms with Crippen molar-refractivity contribution in [2.45, 2.75) is 46.8 Å². The summed E-state index contributed by atoms with van der Waals surface area (Å²) < 4.78 is 149. The van der Waals surface area contributed by atoms with Crippen LogP contribution >= 0.6 is 0 Å². The zero-order chi connectivity index (χ0) is 76.4. The van der Waals surface area contributed by atoms with Crippen LogP contribution in [0.25, 0.3) is 0 Å². The quantitative estimate of drug-likeness (QED) is 0.0179. The largest absolute Gasteiger partial charge is 0.502 e. The molecule has 0 aliphatic carbocycles. The maximum atomic E-state index is 13.8. The first-order chi connectivity index (χ1) is 47.1. The summed E-state index contributed by atoms with van der Waals surface area (Å²) in [4.78, 5) is 75.2. The Hall–Kier alpha value is -11.5. The van der Waals surface area contributed by atoms with E-state index in [1.54, 1.807) is 13.8 Å². The normalized spacial score (nSPS) is 10.4. The van der Waals surface area contributed by atoms with E-state index in [1.165, 1.54) is 134 Å². The predicted octanol–water partition coefficient (Wildman–Crippen LogP) is 11.1. The summed E-state index contributed by atoms with van der Waals surface area (Å²) >= 11 is 0. The highest BCUT2D eigenvalue weighted by Gasteiger charge is 2.21. The Balaban J connectivity index is 0.000000586. The molecule has 32 heteroatoms. The number of ether oxygens (including phenoxy) is 12. The zero-order valence-electron chi connectivity index (χ0n) is 56.4. The Labute approximate surface area is 568 Å². The minimum atomic E-state index is -1.26. The van der Waals surface area contributed by atoms with Crippen molar-refractivity contribution in [3.8, 4) is 63.2 Å². The number of aliphatic hydroxyl groups is 2. The zero-order valence-corrected chi connectivity index (χ0v) is 56.4. The number of carbonyl (C=O) groups excluding carboxylic acids is 5. The summed E-state index contributed by atoms with van der Waals surface area (Å²) in [5.41, 5.74) is 1.33. The highest BCUT2D eigenvalue weighted by Crippen LogP contribution is 2.35. The summed E-state index contributed by atoms with van der Waals surface area (Å²) in [6, 6.07) is 16.1. The van der Waals surface area contributed by atoms with E-state index in [2.05, 4.69) is 23.7 Å². The first kappa shape index (κ1) is 86.5. The van der Waals surface area contributed by atoms with Gasteiger partial charge in [0.15, 0.2) is 69.3 Å². The molecule has 0 radical (unpaired) electrons. The van der Waals surface area contributed by atoms with Gasteiger partial charge in [-0.2, -0.15) is 0 Å². The molecule has 25 nitrogen and oxygen atoms in total. The minimum absolute atomic E-state index is 0.0142. The monoisotopic (exact) mass is 1420 g/mol. The number of hydrogen-bond acceptors (Lipinski definition) is 23.